The summed E-state index contributed by atoms with van der Waals surface area (Å²) in [5.41, 5.74) is 3.27. The normalized spacial score (nSPS) is 10.9. The van der Waals surface area contributed by atoms with E-state index in [0.29, 0.717) is 29.5 Å². The van der Waals surface area contributed by atoms with Crippen molar-refractivity contribution in [2.45, 2.75) is 0 Å². The molecule has 4 aromatic rings. The number of nitrogens with zero attached hydrogens (tertiary/aromatic N) is 4. The molecule has 0 aliphatic carbocycles. The molecule has 1 aromatic carbocycles. The van der Waals surface area contributed by atoms with Gasteiger partial charge in [0.15, 0.2) is 17.0 Å². The summed E-state index contributed by atoms with van der Waals surface area (Å²) in [5.74, 6) is 1.06. The van der Waals surface area contributed by atoms with Gasteiger partial charge in [-0.25, -0.2) is 4.98 Å². The van der Waals surface area contributed by atoms with E-state index in [2.05, 4.69) is 25.6 Å². The minimum Gasteiger partial charge on any atom is -0.395 e. The number of aliphatic hydroxyl groups excluding tert-OH is 1. The van der Waals surface area contributed by atoms with Crippen molar-refractivity contribution in [3.05, 3.63) is 53.5 Å². The van der Waals surface area contributed by atoms with Crippen molar-refractivity contribution in [3.8, 4) is 5.69 Å². The van der Waals surface area contributed by atoms with Gasteiger partial charge in [-0.3, -0.25) is 4.57 Å². The van der Waals surface area contributed by atoms with Crippen LogP contribution in [-0.2, 0) is 0 Å². The van der Waals surface area contributed by atoms with Gasteiger partial charge in [-0.05, 0) is 23.6 Å². The monoisotopic (exact) mass is 352 g/mol. The number of aromatic nitrogens is 4. The Morgan fingerprint density at radius 2 is 2.00 bits per heavy atom. The van der Waals surface area contributed by atoms with Crippen LogP contribution in [0.1, 0.15) is 0 Å². The molecule has 25 heavy (non-hydrogen) atoms. The molecule has 0 saturated carbocycles. The van der Waals surface area contributed by atoms with Crippen LogP contribution in [0.5, 0.6) is 0 Å². The molecule has 0 amide bonds. The van der Waals surface area contributed by atoms with Crippen LogP contribution in [0.25, 0.3) is 16.9 Å². The molecular formula is C17H16N6OS. The first-order valence-electron chi connectivity index (χ1n) is 7.79. The van der Waals surface area contributed by atoms with Gasteiger partial charge in [-0.2, -0.15) is 21.3 Å². The Kier molecular flexibility index (Phi) is 4.28. The third-order valence-electron chi connectivity index (χ3n) is 3.61. The molecule has 7 nitrogen and oxygen atoms in total. The SMILES string of the molecule is OCCNc1nc(Nc2ccccc2)nc2c1ncn2-c1ccsc1. The minimum atomic E-state index is 0.0121. The molecule has 3 aromatic heterocycles. The van der Waals surface area contributed by atoms with Gasteiger partial charge in [0.2, 0.25) is 5.95 Å². The fraction of sp³-hybridized carbons (Fsp3) is 0.118. The number of para-hydroxylation sites is 1. The van der Waals surface area contributed by atoms with Crippen molar-refractivity contribution in [1.29, 1.82) is 0 Å². The number of anilines is 3. The van der Waals surface area contributed by atoms with Crippen LogP contribution < -0.4 is 10.6 Å². The minimum absolute atomic E-state index is 0.0121. The summed E-state index contributed by atoms with van der Waals surface area (Å²) < 4.78 is 1.92. The van der Waals surface area contributed by atoms with Crippen molar-refractivity contribution < 1.29 is 5.11 Å². The fourth-order valence-corrected chi connectivity index (χ4v) is 3.12. The van der Waals surface area contributed by atoms with Crippen LogP contribution in [0, 0.1) is 0 Å². The molecule has 126 valence electrons. The first-order valence-corrected chi connectivity index (χ1v) is 8.74. The Morgan fingerprint density at radius 3 is 2.76 bits per heavy atom. The van der Waals surface area contributed by atoms with E-state index < -0.39 is 0 Å². The number of hydrogen-bond donors (Lipinski definition) is 3. The molecule has 0 spiro atoms. The number of benzene rings is 1. The molecule has 8 heteroatoms. The summed E-state index contributed by atoms with van der Waals surface area (Å²) in [5, 5.41) is 19.5. The summed E-state index contributed by atoms with van der Waals surface area (Å²) in [7, 11) is 0. The van der Waals surface area contributed by atoms with Crippen LogP contribution in [-0.4, -0.2) is 37.8 Å². The van der Waals surface area contributed by atoms with E-state index in [4.69, 9.17) is 5.11 Å². The lowest BCUT2D eigenvalue weighted by atomic mass is 10.3. The van der Waals surface area contributed by atoms with Crippen LogP contribution in [0.4, 0.5) is 17.5 Å². The Morgan fingerprint density at radius 1 is 1.12 bits per heavy atom. The number of aliphatic hydroxyl groups is 1. The average Bonchev–Trinajstić information content (AvgIpc) is 3.29. The molecule has 0 unspecified atom stereocenters. The van der Waals surface area contributed by atoms with Gasteiger partial charge in [-0.1, -0.05) is 18.2 Å². The van der Waals surface area contributed by atoms with E-state index in [-0.39, 0.29) is 6.61 Å². The van der Waals surface area contributed by atoms with Crippen molar-refractivity contribution in [2.24, 2.45) is 0 Å². The summed E-state index contributed by atoms with van der Waals surface area (Å²) in [6.45, 7) is 0.403. The second kappa shape index (κ2) is 6.88. The molecule has 0 bridgehead atoms. The summed E-state index contributed by atoms with van der Waals surface area (Å²) >= 11 is 1.61. The van der Waals surface area contributed by atoms with Gasteiger partial charge in [0.05, 0.1) is 12.3 Å². The zero-order valence-electron chi connectivity index (χ0n) is 13.3. The molecule has 3 N–H and O–H groups in total. The lowest BCUT2D eigenvalue weighted by molar-refractivity contribution is 0.311. The third-order valence-corrected chi connectivity index (χ3v) is 4.29. The number of nitrogens with one attached hydrogen (secondary N) is 2. The van der Waals surface area contributed by atoms with E-state index in [1.165, 1.54) is 0 Å². The van der Waals surface area contributed by atoms with E-state index in [0.717, 1.165) is 11.4 Å². The Bertz CT molecular complexity index is 968. The molecule has 0 saturated heterocycles. The second-order valence-electron chi connectivity index (χ2n) is 5.31. The summed E-state index contributed by atoms with van der Waals surface area (Å²) in [6.07, 6.45) is 1.73. The van der Waals surface area contributed by atoms with E-state index in [9.17, 15) is 0 Å². The van der Waals surface area contributed by atoms with Crippen molar-refractivity contribution in [1.82, 2.24) is 19.5 Å². The maximum atomic E-state index is 9.11. The van der Waals surface area contributed by atoms with Gasteiger partial charge in [0, 0.05) is 17.6 Å². The van der Waals surface area contributed by atoms with Gasteiger partial charge < -0.3 is 15.7 Å². The zero-order valence-corrected chi connectivity index (χ0v) is 14.1. The molecule has 0 atom stereocenters. The number of rotatable bonds is 6. The van der Waals surface area contributed by atoms with Crippen molar-refractivity contribution >= 4 is 40.0 Å². The number of fused-ring (bicyclic) bond motifs is 1. The molecule has 0 radical (unpaired) electrons. The Hall–Kier alpha value is -2.97. The maximum absolute atomic E-state index is 9.11. The van der Waals surface area contributed by atoms with Crippen LogP contribution in [0.15, 0.2) is 53.5 Å². The quantitative estimate of drug-likeness (QED) is 0.494. The standard InChI is InChI=1S/C17H16N6OS/c24-8-7-18-15-14-16(23(11-19-14)13-6-9-25-10-13)22-17(21-15)20-12-4-2-1-3-5-12/h1-6,9-11,24H,7-8H2,(H2,18,20,21,22). The lowest BCUT2D eigenvalue weighted by Crippen LogP contribution is -2.10. The highest BCUT2D eigenvalue weighted by Gasteiger charge is 2.14. The molecule has 4 rings (SSSR count). The highest BCUT2D eigenvalue weighted by atomic mass is 32.1. The largest absolute Gasteiger partial charge is 0.395 e. The average molecular weight is 352 g/mol. The molecular weight excluding hydrogens is 336 g/mol. The molecule has 0 aliphatic heterocycles. The summed E-state index contributed by atoms with van der Waals surface area (Å²) in [4.78, 5) is 13.6. The number of imidazole rings is 1. The second-order valence-corrected chi connectivity index (χ2v) is 6.09. The fourth-order valence-electron chi connectivity index (χ4n) is 2.49. The van der Waals surface area contributed by atoms with E-state index >= 15 is 0 Å². The Labute approximate surface area is 148 Å². The van der Waals surface area contributed by atoms with Crippen LogP contribution >= 0.6 is 11.3 Å². The van der Waals surface area contributed by atoms with Gasteiger partial charge in [-0.15, -0.1) is 0 Å². The van der Waals surface area contributed by atoms with Gasteiger partial charge in [0.1, 0.15) is 6.33 Å². The van der Waals surface area contributed by atoms with Gasteiger partial charge >= 0.3 is 0 Å². The highest BCUT2D eigenvalue weighted by Crippen LogP contribution is 2.25. The topological polar surface area (TPSA) is 87.9 Å². The first-order chi connectivity index (χ1) is 12.3. The Balaban J connectivity index is 1.81. The lowest BCUT2D eigenvalue weighted by Gasteiger charge is -2.10. The molecule has 3 heterocycles. The van der Waals surface area contributed by atoms with Crippen molar-refractivity contribution in [3.63, 3.8) is 0 Å². The number of thiophene rings is 1. The van der Waals surface area contributed by atoms with Crippen LogP contribution in [0.3, 0.4) is 0 Å². The summed E-state index contributed by atoms with van der Waals surface area (Å²) in [6, 6.07) is 11.8. The number of hydrogen-bond acceptors (Lipinski definition) is 7. The molecule has 0 fully saturated rings. The van der Waals surface area contributed by atoms with E-state index in [1.807, 2.05) is 51.7 Å². The maximum Gasteiger partial charge on any atom is 0.231 e. The highest BCUT2D eigenvalue weighted by molar-refractivity contribution is 7.08. The van der Waals surface area contributed by atoms with E-state index in [1.54, 1.807) is 17.7 Å². The van der Waals surface area contributed by atoms with Crippen molar-refractivity contribution in [2.75, 3.05) is 23.8 Å². The zero-order chi connectivity index (χ0) is 17.1. The molecule has 0 aliphatic rings. The first kappa shape index (κ1) is 15.6. The van der Waals surface area contributed by atoms with Gasteiger partial charge in [0.25, 0.3) is 0 Å². The van der Waals surface area contributed by atoms with Crippen LogP contribution in [0.2, 0.25) is 0 Å². The predicted octanol–water partition coefficient (Wildman–Crippen LogP) is 3.02. The third kappa shape index (κ3) is 3.17. The predicted molar refractivity (Wildman–Crippen MR) is 99.8 cm³/mol. The smallest absolute Gasteiger partial charge is 0.231 e.